The number of likely N-dealkylation sites (tertiary alicyclic amines) is 1. The van der Waals surface area contributed by atoms with E-state index in [1.807, 2.05) is 18.3 Å². The van der Waals surface area contributed by atoms with Gasteiger partial charge in [0.05, 0.1) is 6.20 Å². The molecular formula is C19H22F6N2O5S. The second-order valence-electron chi connectivity index (χ2n) is 7.85. The predicted molar refractivity (Wildman–Crippen MR) is 105 cm³/mol. The molecule has 1 aromatic rings. The van der Waals surface area contributed by atoms with E-state index in [0.29, 0.717) is 10.9 Å². The van der Waals surface area contributed by atoms with Crippen LogP contribution in [-0.2, 0) is 9.59 Å². The summed E-state index contributed by atoms with van der Waals surface area (Å²) >= 11 is 2.12. The fourth-order valence-electron chi connectivity index (χ4n) is 3.27. The third-order valence-corrected chi connectivity index (χ3v) is 6.41. The molecule has 1 atom stereocenters. The summed E-state index contributed by atoms with van der Waals surface area (Å²) in [4.78, 5) is 24.5. The second-order valence-corrected chi connectivity index (χ2v) is 9.33. The fraction of sp³-hybridized carbons (Fsp3) is 0.632. The van der Waals surface area contributed by atoms with Crippen LogP contribution in [0.2, 0.25) is 0 Å². The minimum absolute atomic E-state index is 0.372. The Hall–Kier alpha value is -2.22. The number of carbonyl (C=O) groups is 2. The van der Waals surface area contributed by atoms with E-state index < -0.39 is 24.3 Å². The molecule has 14 heteroatoms. The van der Waals surface area contributed by atoms with E-state index in [1.54, 1.807) is 6.20 Å². The molecule has 0 radical (unpaired) electrons. The van der Waals surface area contributed by atoms with Crippen molar-refractivity contribution in [2.75, 3.05) is 25.4 Å². The molecule has 7 nitrogen and oxygen atoms in total. The number of thioether (sulfide) groups is 1. The smallest absolute Gasteiger partial charge is 0.488 e. The van der Waals surface area contributed by atoms with E-state index in [-0.39, 0.29) is 0 Å². The molecule has 0 amide bonds. The van der Waals surface area contributed by atoms with Crippen LogP contribution < -0.4 is 4.74 Å². The van der Waals surface area contributed by atoms with E-state index >= 15 is 0 Å². The van der Waals surface area contributed by atoms with Crippen LogP contribution in [0.25, 0.3) is 0 Å². The molecule has 2 N–H and O–H groups in total. The molecule has 1 spiro atoms. The first-order valence-corrected chi connectivity index (χ1v) is 10.7. The molecule has 4 rings (SSSR count). The molecule has 1 aromatic heterocycles. The number of rotatable bonds is 4. The zero-order valence-corrected chi connectivity index (χ0v) is 17.9. The molecule has 1 aliphatic carbocycles. The van der Waals surface area contributed by atoms with Crippen molar-refractivity contribution < 1.29 is 50.9 Å². The highest BCUT2D eigenvalue weighted by atomic mass is 32.2. The van der Waals surface area contributed by atoms with Crippen molar-refractivity contribution >= 4 is 23.7 Å². The number of pyridine rings is 1. The van der Waals surface area contributed by atoms with Crippen molar-refractivity contribution in [2.45, 2.75) is 42.5 Å². The van der Waals surface area contributed by atoms with Crippen LogP contribution in [-0.4, -0.2) is 80.6 Å². The zero-order chi connectivity index (χ0) is 24.9. The number of aromatic nitrogens is 1. The highest BCUT2D eigenvalue weighted by Crippen LogP contribution is 2.47. The van der Waals surface area contributed by atoms with E-state index in [2.05, 4.69) is 21.6 Å². The molecule has 1 saturated carbocycles. The van der Waals surface area contributed by atoms with E-state index in [1.165, 1.54) is 38.9 Å². The lowest BCUT2D eigenvalue weighted by atomic mass is 9.92. The Morgan fingerprint density at radius 3 is 2.09 bits per heavy atom. The number of carboxylic acids is 2. The summed E-state index contributed by atoms with van der Waals surface area (Å²) in [5, 5.41) is 14.2. The van der Waals surface area contributed by atoms with Crippen LogP contribution in [0.4, 0.5) is 26.3 Å². The Balaban J connectivity index is 0.000000230. The summed E-state index contributed by atoms with van der Waals surface area (Å²) in [7, 11) is 0. The highest BCUT2D eigenvalue weighted by molar-refractivity contribution is 8.01. The van der Waals surface area contributed by atoms with Gasteiger partial charge >= 0.3 is 24.3 Å². The summed E-state index contributed by atoms with van der Waals surface area (Å²) in [6, 6.07) is 3.94. The quantitative estimate of drug-likeness (QED) is 0.599. The van der Waals surface area contributed by atoms with Crippen molar-refractivity contribution in [3.63, 3.8) is 0 Å². The van der Waals surface area contributed by atoms with Crippen molar-refractivity contribution in [1.82, 2.24) is 9.88 Å². The van der Waals surface area contributed by atoms with Gasteiger partial charge in [0.15, 0.2) is 0 Å². The number of halogens is 6. The molecule has 3 fully saturated rings. The van der Waals surface area contributed by atoms with Gasteiger partial charge in [-0.2, -0.15) is 26.3 Å². The maximum atomic E-state index is 10.6. The third-order valence-electron chi connectivity index (χ3n) is 4.83. The molecule has 3 heterocycles. The molecule has 186 valence electrons. The largest absolute Gasteiger partial charge is 0.490 e. The Labute approximate surface area is 189 Å². The first kappa shape index (κ1) is 27.0. The Bertz CT molecular complexity index is 774. The number of hydrogen-bond donors (Lipinski definition) is 2. The number of hydrogen-bond acceptors (Lipinski definition) is 6. The van der Waals surface area contributed by atoms with Gasteiger partial charge in [0.2, 0.25) is 0 Å². The first-order valence-electron chi connectivity index (χ1n) is 9.73. The number of carboxylic acid groups (broad SMARTS) is 2. The number of ether oxygens (including phenoxy) is 1. The van der Waals surface area contributed by atoms with E-state index in [0.717, 1.165) is 17.4 Å². The van der Waals surface area contributed by atoms with Gasteiger partial charge in [-0.25, -0.2) is 9.59 Å². The second kappa shape index (κ2) is 10.8. The number of alkyl halides is 6. The molecular weight excluding hydrogens is 482 g/mol. The van der Waals surface area contributed by atoms with Gasteiger partial charge in [0.25, 0.3) is 0 Å². The van der Waals surface area contributed by atoms with Gasteiger partial charge in [-0.15, -0.1) is 11.8 Å². The molecule has 0 aromatic carbocycles. The third kappa shape index (κ3) is 9.27. The minimum atomic E-state index is -5.08. The summed E-state index contributed by atoms with van der Waals surface area (Å²) in [6.07, 6.45) is -2.06. The SMILES string of the molecule is O=C(O)C(F)(F)F.O=C(O)C(F)(F)F.c1cncc(OC2CSC3(C2)CN(CC2CC2)C3)c1. The van der Waals surface area contributed by atoms with Gasteiger partial charge in [0.1, 0.15) is 11.9 Å². The van der Waals surface area contributed by atoms with Crippen molar-refractivity contribution in [1.29, 1.82) is 0 Å². The maximum Gasteiger partial charge on any atom is 0.490 e. The average molecular weight is 504 g/mol. The lowest BCUT2D eigenvalue weighted by molar-refractivity contribution is -0.193. The van der Waals surface area contributed by atoms with Crippen molar-refractivity contribution in [3.8, 4) is 5.75 Å². The molecule has 0 bridgehead atoms. The highest BCUT2D eigenvalue weighted by Gasteiger charge is 2.50. The molecule has 2 aliphatic heterocycles. The molecule has 2 saturated heterocycles. The van der Waals surface area contributed by atoms with E-state index in [4.69, 9.17) is 24.5 Å². The maximum absolute atomic E-state index is 10.6. The van der Waals surface area contributed by atoms with E-state index in [9.17, 15) is 26.3 Å². The van der Waals surface area contributed by atoms with Crippen LogP contribution in [0.1, 0.15) is 19.3 Å². The lowest BCUT2D eigenvalue weighted by Crippen LogP contribution is -2.59. The van der Waals surface area contributed by atoms with Gasteiger partial charge in [-0.3, -0.25) is 4.98 Å². The topological polar surface area (TPSA) is 100.0 Å². The van der Waals surface area contributed by atoms with Crippen LogP contribution >= 0.6 is 11.8 Å². The molecule has 3 aliphatic rings. The number of nitrogens with zero attached hydrogens (tertiary/aromatic N) is 2. The van der Waals surface area contributed by atoms with Gasteiger partial charge in [-0.1, -0.05) is 0 Å². The van der Waals surface area contributed by atoms with Crippen LogP contribution in [0.5, 0.6) is 5.75 Å². The normalized spacial score (nSPS) is 21.7. The Morgan fingerprint density at radius 2 is 1.67 bits per heavy atom. The minimum Gasteiger partial charge on any atom is -0.488 e. The number of aliphatic carboxylic acids is 2. The van der Waals surface area contributed by atoms with Gasteiger partial charge < -0.3 is 19.8 Å². The van der Waals surface area contributed by atoms with Gasteiger partial charge in [-0.05, 0) is 30.9 Å². The average Bonchev–Trinajstić information content (AvgIpc) is 3.39. The van der Waals surface area contributed by atoms with Crippen molar-refractivity contribution in [3.05, 3.63) is 24.5 Å². The summed E-state index contributed by atoms with van der Waals surface area (Å²) in [5.41, 5.74) is 0. The predicted octanol–water partition coefficient (Wildman–Crippen LogP) is 3.70. The molecule has 1 unspecified atom stereocenters. The van der Waals surface area contributed by atoms with Crippen LogP contribution in [0.3, 0.4) is 0 Å². The zero-order valence-electron chi connectivity index (χ0n) is 17.1. The molecule has 33 heavy (non-hydrogen) atoms. The van der Waals surface area contributed by atoms with Crippen LogP contribution in [0, 0.1) is 5.92 Å². The van der Waals surface area contributed by atoms with Crippen molar-refractivity contribution in [2.24, 2.45) is 5.92 Å². The summed E-state index contributed by atoms with van der Waals surface area (Å²) in [6.45, 7) is 3.90. The standard InChI is InChI=1S/C15H20N2OS.2C2HF3O2/c1-2-13(7-16-5-1)18-14-6-15(19-9-14)10-17(11-15)8-12-3-4-12;2*3-2(4,5)1(6)7/h1-2,5,7,12,14H,3-4,6,8-11H2;2*(H,6,7). The Morgan fingerprint density at radius 1 is 1.12 bits per heavy atom. The lowest BCUT2D eigenvalue weighted by Gasteiger charge is -2.47. The fourth-order valence-corrected chi connectivity index (χ4v) is 4.85. The van der Waals surface area contributed by atoms with Gasteiger partial charge in [0, 0.05) is 42.8 Å². The summed E-state index contributed by atoms with van der Waals surface area (Å²) < 4.78 is 70.0. The Kier molecular flexibility index (Phi) is 8.85. The first-order chi connectivity index (χ1) is 15.2. The van der Waals surface area contributed by atoms with Crippen LogP contribution in [0.15, 0.2) is 24.5 Å². The summed E-state index contributed by atoms with van der Waals surface area (Å²) in [5.74, 6) is -2.45. The monoisotopic (exact) mass is 504 g/mol.